The van der Waals surface area contributed by atoms with Gasteiger partial charge in [0.1, 0.15) is 22.0 Å². The molecule has 0 bridgehead atoms. The van der Waals surface area contributed by atoms with Crippen molar-refractivity contribution < 1.29 is 8.42 Å². The van der Waals surface area contributed by atoms with Crippen molar-refractivity contribution in [1.82, 2.24) is 29.5 Å². The third-order valence-corrected chi connectivity index (χ3v) is 9.04. The number of H-pyrrole nitrogens is 1. The highest BCUT2D eigenvalue weighted by Crippen LogP contribution is 2.38. The Balaban J connectivity index is 1.48. The summed E-state index contributed by atoms with van der Waals surface area (Å²) in [7, 11) is -2.93. The quantitative estimate of drug-likeness (QED) is 0.374. The van der Waals surface area contributed by atoms with Crippen molar-refractivity contribution >= 4 is 32.3 Å². The monoisotopic (exact) mass is 537 g/mol. The lowest BCUT2D eigenvalue weighted by atomic mass is 9.95. The molecule has 0 unspecified atom stereocenters. The third-order valence-electron chi connectivity index (χ3n) is 8.01. The van der Waals surface area contributed by atoms with Crippen LogP contribution in [0.5, 0.6) is 0 Å². The van der Waals surface area contributed by atoms with Crippen molar-refractivity contribution in [1.29, 1.82) is 0 Å². The Bertz CT molecular complexity index is 1590. The summed E-state index contributed by atoms with van der Waals surface area (Å²) in [5.74, 6) is 1.50. The van der Waals surface area contributed by atoms with Crippen LogP contribution in [0.1, 0.15) is 56.7 Å². The number of aromatic nitrogens is 5. The molecule has 1 saturated heterocycles. The Morgan fingerprint density at radius 2 is 1.87 bits per heavy atom. The van der Waals surface area contributed by atoms with E-state index in [1.54, 1.807) is 6.33 Å². The minimum Gasteiger partial charge on any atom is -0.353 e. The lowest BCUT2D eigenvalue weighted by molar-refractivity contribution is 0.166. The molecule has 4 aromatic heterocycles. The second-order valence-electron chi connectivity index (χ2n) is 11.3. The van der Waals surface area contributed by atoms with E-state index in [-0.39, 0.29) is 17.7 Å². The van der Waals surface area contributed by atoms with E-state index >= 15 is 0 Å². The number of aryl methyl sites for hydroxylation is 1. The summed E-state index contributed by atoms with van der Waals surface area (Å²) in [4.78, 5) is 18.1. The summed E-state index contributed by atoms with van der Waals surface area (Å²) >= 11 is 0. The average molecular weight is 538 g/mol. The van der Waals surface area contributed by atoms with Crippen LogP contribution in [-0.2, 0) is 9.84 Å². The normalized spacial score (nSPS) is 19.3. The molecule has 5 rings (SSSR count). The number of nitrogens with one attached hydrogen (secondary N) is 1. The Labute approximate surface area is 225 Å². The number of anilines is 1. The zero-order chi connectivity index (χ0) is 27.4. The van der Waals surface area contributed by atoms with E-state index in [0.29, 0.717) is 12.5 Å². The number of sulfone groups is 1. The van der Waals surface area contributed by atoms with Crippen molar-refractivity contribution in [3.05, 3.63) is 41.3 Å². The molecule has 0 spiro atoms. The van der Waals surface area contributed by atoms with E-state index in [0.717, 1.165) is 59.0 Å². The lowest BCUT2D eigenvalue weighted by Crippen LogP contribution is -2.57. The molecule has 9 nitrogen and oxygen atoms in total. The maximum Gasteiger partial charge on any atom is 0.158 e. The zero-order valence-corrected chi connectivity index (χ0v) is 24.3. The highest BCUT2D eigenvalue weighted by Gasteiger charge is 2.30. The van der Waals surface area contributed by atoms with Gasteiger partial charge in [-0.1, -0.05) is 13.8 Å². The SMILES string of the molecule is Cc1c(-c2[nH]c3ccc(N4C[C@@H](C)N(CCCS(C)(=O)=O)C[C@@H]4C)nc3c2C(C)C)cn2ncnc2c1C. The Hall–Kier alpha value is -2.98. The number of piperazine rings is 1. The Morgan fingerprint density at radius 1 is 1.11 bits per heavy atom. The predicted octanol–water partition coefficient (Wildman–Crippen LogP) is 4.35. The van der Waals surface area contributed by atoms with Gasteiger partial charge in [0.05, 0.1) is 22.5 Å². The van der Waals surface area contributed by atoms with E-state index < -0.39 is 9.84 Å². The topological polar surface area (TPSA) is 99.5 Å². The number of fused-ring (bicyclic) bond motifs is 2. The molecular formula is C28H39N7O2S. The third kappa shape index (κ3) is 4.91. The van der Waals surface area contributed by atoms with Gasteiger partial charge >= 0.3 is 0 Å². The molecule has 5 heterocycles. The van der Waals surface area contributed by atoms with Crippen LogP contribution >= 0.6 is 0 Å². The van der Waals surface area contributed by atoms with Crippen LogP contribution in [0.4, 0.5) is 5.82 Å². The van der Waals surface area contributed by atoms with Gasteiger partial charge < -0.3 is 9.88 Å². The van der Waals surface area contributed by atoms with Crippen LogP contribution in [0.15, 0.2) is 24.7 Å². The van der Waals surface area contributed by atoms with Crippen molar-refractivity contribution in [3.8, 4) is 11.3 Å². The largest absolute Gasteiger partial charge is 0.353 e. The van der Waals surface area contributed by atoms with Crippen molar-refractivity contribution in [2.24, 2.45) is 0 Å². The van der Waals surface area contributed by atoms with Gasteiger partial charge in [-0.15, -0.1) is 0 Å². The minimum atomic E-state index is -2.93. The van der Waals surface area contributed by atoms with E-state index in [1.807, 2.05) is 4.52 Å². The van der Waals surface area contributed by atoms with Crippen molar-refractivity contribution in [3.63, 3.8) is 0 Å². The number of hydrogen-bond acceptors (Lipinski definition) is 7. The molecule has 4 aromatic rings. The second kappa shape index (κ2) is 9.96. The first-order valence-corrected chi connectivity index (χ1v) is 15.5. The Morgan fingerprint density at radius 3 is 2.58 bits per heavy atom. The van der Waals surface area contributed by atoms with Crippen LogP contribution in [0, 0.1) is 13.8 Å². The van der Waals surface area contributed by atoms with Gasteiger partial charge in [-0.05, 0) is 69.8 Å². The van der Waals surface area contributed by atoms with Crippen LogP contribution in [0.3, 0.4) is 0 Å². The highest BCUT2D eigenvalue weighted by atomic mass is 32.2. The van der Waals surface area contributed by atoms with Gasteiger partial charge in [0, 0.05) is 48.8 Å². The molecule has 0 radical (unpaired) electrons. The summed E-state index contributed by atoms with van der Waals surface area (Å²) in [6, 6.07) is 4.86. The fourth-order valence-electron chi connectivity index (χ4n) is 5.82. The molecule has 2 atom stereocenters. The lowest BCUT2D eigenvalue weighted by Gasteiger charge is -2.44. The predicted molar refractivity (Wildman–Crippen MR) is 154 cm³/mol. The molecule has 0 saturated carbocycles. The minimum absolute atomic E-state index is 0.239. The van der Waals surface area contributed by atoms with E-state index in [2.05, 4.69) is 84.7 Å². The van der Waals surface area contributed by atoms with Crippen LogP contribution in [0.25, 0.3) is 27.9 Å². The summed E-state index contributed by atoms with van der Waals surface area (Å²) in [5.41, 5.74) is 8.66. The molecule has 38 heavy (non-hydrogen) atoms. The van der Waals surface area contributed by atoms with Crippen LogP contribution < -0.4 is 4.90 Å². The number of pyridine rings is 2. The smallest absolute Gasteiger partial charge is 0.158 e. The van der Waals surface area contributed by atoms with Gasteiger partial charge in [0.2, 0.25) is 0 Å². The van der Waals surface area contributed by atoms with E-state index in [1.165, 1.54) is 17.4 Å². The highest BCUT2D eigenvalue weighted by molar-refractivity contribution is 7.90. The fraction of sp³-hybridized carbons (Fsp3) is 0.536. The molecular weight excluding hydrogens is 498 g/mol. The summed E-state index contributed by atoms with van der Waals surface area (Å²) in [5, 5.41) is 4.40. The summed E-state index contributed by atoms with van der Waals surface area (Å²) in [6.07, 6.45) is 5.64. The van der Waals surface area contributed by atoms with Gasteiger partial charge in [-0.2, -0.15) is 5.10 Å². The molecule has 0 aliphatic carbocycles. The molecule has 204 valence electrons. The number of aromatic amines is 1. The zero-order valence-electron chi connectivity index (χ0n) is 23.5. The van der Waals surface area contributed by atoms with Crippen molar-refractivity contribution in [2.75, 3.05) is 36.5 Å². The first kappa shape index (κ1) is 26.6. The maximum absolute atomic E-state index is 11.6. The molecule has 1 aliphatic rings. The Kier molecular flexibility index (Phi) is 6.98. The van der Waals surface area contributed by atoms with Gasteiger partial charge in [0.15, 0.2) is 5.65 Å². The second-order valence-corrected chi connectivity index (χ2v) is 13.5. The first-order valence-electron chi connectivity index (χ1n) is 13.5. The molecule has 1 N–H and O–H groups in total. The maximum atomic E-state index is 11.6. The summed E-state index contributed by atoms with van der Waals surface area (Å²) in [6.45, 7) is 15.7. The van der Waals surface area contributed by atoms with E-state index in [9.17, 15) is 8.42 Å². The number of rotatable bonds is 7. The van der Waals surface area contributed by atoms with Gasteiger partial charge in [0.25, 0.3) is 0 Å². The number of nitrogens with zero attached hydrogens (tertiary/aromatic N) is 6. The standard InChI is InChI=1S/C28H39N7O2S/c1-17(2)25-26(22-15-35-28(29-16-30-35)21(6)20(22)5)31-23-9-10-24(32-27(23)25)34-14-18(3)33(13-19(34)4)11-8-12-38(7,36)37/h9-10,15-19,31H,8,11-14H2,1-7H3/t18-,19+/m1/s1. The molecule has 0 aromatic carbocycles. The molecule has 10 heteroatoms. The van der Waals surface area contributed by atoms with E-state index in [4.69, 9.17) is 4.98 Å². The molecule has 1 aliphatic heterocycles. The molecule has 0 amide bonds. The summed E-state index contributed by atoms with van der Waals surface area (Å²) < 4.78 is 25.0. The average Bonchev–Trinajstić information content (AvgIpc) is 3.46. The van der Waals surface area contributed by atoms with Gasteiger partial charge in [-0.25, -0.2) is 22.9 Å². The number of hydrogen-bond donors (Lipinski definition) is 1. The van der Waals surface area contributed by atoms with Gasteiger partial charge in [-0.3, -0.25) is 4.90 Å². The first-order chi connectivity index (χ1) is 17.9. The van der Waals surface area contributed by atoms with Crippen LogP contribution in [0.2, 0.25) is 0 Å². The fourth-order valence-corrected chi connectivity index (χ4v) is 6.48. The van der Waals surface area contributed by atoms with Crippen LogP contribution in [-0.4, -0.2) is 81.6 Å². The van der Waals surface area contributed by atoms with Crippen molar-refractivity contribution in [2.45, 2.75) is 66.0 Å². The molecule has 1 fully saturated rings.